The summed E-state index contributed by atoms with van der Waals surface area (Å²) in [5.41, 5.74) is 1.47. The van der Waals surface area contributed by atoms with Crippen LogP contribution >= 0.6 is 36.2 Å². The van der Waals surface area contributed by atoms with Gasteiger partial charge in [0.05, 0.1) is 7.11 Å². The van der Waals surface area contributed by atoms with Gasteiger partial charge in [0.25, 0.3) is 5.91 Å². The van der Waals surface area contributed by atoms with Gasteiger partial charge >= 0.3 is 0 Å². The predicted octanol–water partition coefficient (Wildman–Crippen LogP) is 2.61. The summed E-state index contributed by atoms with van der Waals surface area (Å²) in [6, 6.07) is 7.67. The van der Waals surface area contributed by atoms with Crippen molar-refractivity contribution in [2.45, 2.75) is 0 Å². The van der Waals surface area contributed by atoms with Crippen LogP contribution < -0.4 is 15.4 Å². The predicted molar refractivity (Wildman–Crippen MR) is 97.3 cm³/mol. The van der Waals surface area contributed by atoms with Crippen LogP contribution in [-0.2, 0) is 0 Å². The van der Waals surface area contributed by atoms with Crippen LogP contribution in [0, 0.1) is 5.92 Å². The molecule has 0 saturated carbocycles. The number of methoxy groups -OCH3 is 1. The second kappa shape index (κ2) is 9.08. The first-order chi connectivity index (χ1) is 10.3. The van der Waals surface area contributed by atoms with Gasteiger partial charge in [0.15, 0.2) is 0 Å². The van der Waals surface area contributed by atoms with E-state index < -0.39 is 0 Å². The molecule has 2 N–H and O–H groups in total. The lowest BCUT2D eigenvalue weighted by atomic mass is 10.0. The molecule has 2 aromatic rings. The molecule has 23 heavy (non-hydrogen) atoms. The maximum atomic E-state index is 12.0. The number of hydrogen-bond donors (Lipinski definition) is 2. The Morgan fingerprint density at radius 1 is 1.35 bits per heavy atom. The molecule has 1 aliphatic heterocycles. The lowest BCUT2D eigenvalue weighted by molar-refractivity contribution is 0.0938. The van der Waals surface area contributed by atoms with E-state index in [1.54, 1.807) is 12.5 Å². The van der Waals surface area contributed by atoms with Crippen molar-refractivity contribution in [2.75, 3.05) is 26.7 Å². The minimum absolute atomic E-state index is 0. The molecule has 5 nitrogen and oxygen atoms in total. The summed E-state index contributed by atoms with van der Waals surface area (Å²) in [5, 5.41) is 8.75. The molecule has 0 radical (unpaired) electrons. The van der Waals surface area contributed by atoms with Gasteiger partial charge in [-0.1, -0.05) is 0 Å². The summed E-state index contributed by atoms with van der Waals surface area (Å²) in [5.74, 6) is 1.26. The summed E-state index contributed by atoms with van der Waals surface area (Å²) in [4.78, 5) is 16.4. The smallest absolute Gasteiger partial charge is 0.270 e. The van der Waals surface area contributed by atoms with Gasteiger partial charge in [0, 0.05) is 36.5 Å². The summed E-state index contributed by atoms with van der Waals surface area (Å²) >= 11 is 1.47. The molecule has 1 aliphatic rings. The van der Waals surface area contributed by atoms with Crippen molar-refractivity contribution >= 4 is 42.1 Å². The molecular formula is C15H19Cl2N3O2S. The summed E-state index contributed by atoms with van der Waals surface area (Å²) in [6.45, 7) is 2.67. The third kappa shape index (κ3) is 4.81. The number of halogens is 2. The molecule has 3 rings (SSSR count). The molecular weight excluding hydrogens is 357 g/mol. The van der Waals surface area contributed by atoms with Crippen molar-refractivity contribution < 1.29 is 9.53 Å². The van der Waals surface area contributed by atoms with Gasteiger partial charge in [-0.05, 0) is 24.3 Å². The van der Waals surface area contributed by atoms with E-state index in [0.29, 0.717) is 18.2 Å². The highest BCUT2D eigenvalue weighted by Gasteiger charge is 2.18. The summed E-state index contributed by atoms with van der Waals surface area (Å²) in [7, 11) is 1.64. The SMILES string of the molecule is COc1ccc(-c2nc(C(=O)NCC3CNC3)cs2)cc1.Cl.Cl. The number of carbonyl (C=O) groups is 1. The van der Waals surface area contributed by atoms with Crippen LogP contribution in [0.3, 0.4) is 0 Å². The molecule has 2 heterocycles. The second-order valence-corrected chi connectivity index (χ2v) is 5.86. The van der Waals surface area contributed by atoms with Gasteiger partial charge in [0.1, 0.15) is 16.5 Å². The average molecular weight is 376 g/mol. The van der Waals surface area contributed by atoms with E-state index in [2.05, 4.69) is 15.6 Å². The molecule has 126 valence electrons. The minimum Gasteiger partial charge on any atom is -0.497 e. The number of rotatable bonds is 5. The molecule has 0 spiro atoms. The first-order valence-electron chi connectivity index (χ1n) is 6.85. The highest BCUT2D eigenvalue weighted by atomic mass is 35.5. The van der Waals surface area contributed by atoms with E-state index in [1.807, 2.05) is 24.3 Å². The van der Waals surface area contributed by atoms with Gasteiger partial charge < -0.3 is 15.4 Å². The zero-order valence-electron chi connectivity index (χ0n) is 12.6. The van der Waals surface area contributed by atoms with Crippen LogP contribution in [0.4, 0.5) is 0 Å². The van der Waals surface area contributed by atoms with Crippen LogP contribution in [0.1, 0.15) is 10.5 Å². The van der Waals surface area contributed by atoms with E-state index in [4.69, 9.17) is 4.74 Å². The second-order valence-electron chi connectivity index (χ2n) is 5.00. The van der Waals surface area contributed by atoms with E-state index in [0.717, 1.165) is 29.4 Å². The molecule has 0 aliphatic carbocycles. The van der Waals surface area contributed by atoms with E-state index in [9.17, 15) is 4.79 Å². The highest BCUT2D eigenvalue weighted by molar-refractivity contribution is 7.13. The van der Waals surface area contributed by atoms with Crippen LogP contribution in [-0.4, -0.2) is 37.6 Å². The number of aromatic nitrogens is 1. The number of amides is 1. The lowest BCUT2D eigenvalue weighted by Crippen LogP contribution is -2.48. The monoisotopic (exact) mass is 375 g/mol. The Morgan fingerprint density at radius 3 is 2.61 bits per heavy atom. The van der Waals surface area contributed by atoms with E-state index in [1.165, 1.54) is 11.3 Å². The standard InChI is InChI=1S/C15H17N3O2S.2ClH/c1-20-12-4-2-11(3-5-12)15-18-13(9-21-15)14(19)17-8-10-6-16-7-10;;/h2-5,9-10,16H,6-8H2,1H3,(H,17,19);2*1H. The molecule has 8 heteroatoms. The van der Waals surface area contributed by atoms with Gasteiger partial charge in [-0.25, -0.2) is 4.98 Å². The zero-order valence-corrected chi connectivity index (χ0v) is 15.0. The number of ether oxygens (including phenoxy) is 1. The number of nitrogens with one attached hydrogen (secondary N) is 2. The third-order valence-corrected chi connectivity index (χ3v) is 4.38. The van der Waals surface area contributed by atoms with Gasteiger partial charge in [-0.2, -0.15) is 0 Å². The topological polar surface area (TPSA) is 63.2 Å². The van der Waals surface area contributed by atoms with E-state index in [-0.39, 0.29) is 30.7 Å². The molecule has 1 amide bonds. The van der Waals surface area contributed by atoms with Gasteiger partial charge in [-0.15, -0.1) is 36.2 Å². The maximum Gasteiger partial charge on any atom is 0.270 e. The zero-order chi connectivity index (χ0) is 14.7. The first-order valence-corrected chi connectivity index (χ1v) is 7.73. The molecule has 1 aromatic heterocycles. The molecule has 0 atom stereocenters. The van der Waals surface area contributed by atoms with Crippen molar-refractivity contribution in [3.63, 3.8) is 0 Å². The molecule has 1 aromatic carbocycles. The Morgan fingerprint density at radius 2 is 2.04 bits per heavy atom. The number of hydrogen-bond acceptors (Lipinski definition) is 5. The fourth-order valence-corrected chi connectivity index (χ4v) is 2.87. The molecule has 0 unspecified atom stereocenters. The van der Waals surface area contributed by atoms with Crippen molar-refractivity contribution in [1.82, 2.24) is 15.6 Å². The highest BCUT2D eigenvalue weighted by Crippen LogP contribution is 2.25. The van der Waals surface area contributed by atoms with Crippen LogP contribution in [0.5, 0.6) is 5.75 Å². The first kappa shape index (κ1) is 19.7. The Labute approximate surface area is 151 Å². The number of nitrogens with zero attached hydrogens (tertiary/aromatic N) is 1. The fraction of sp³-hybridized carbons (Fsp3) is 0.333. The minimum atomic E-state index is -0.0992. The van der Waals surface area contributed by atoms with Crippen molar-refractivity contribution in [3.05, 3.63) is 35.3 Å². The Kier molecular flexibility index (Phi) is 7.78. The molecule has 0 bridgehead atoms. The van der Waals surface area contributed by atoms with Gasteiger partial charge in [-0.3, -0.25) is 4.79 Å². The quantitative estimate of drug-likeness (QED) is 0.842. The molecule has 1 saturated heterocycles. The largest absolute Gasteiger partial charge is 0.497 e. The number of thiazole rings is 1. The summed E-state index contributed by atoms with van der Waals surface area (Å²) < 4.78 is 5.13. The Balaban J connectivity index is 0.00000132. The van der Waals surface area contributed by atoms with Gasteiger partial charge in [0.2, 0.25) is 0 Å². The maximum absolute atomic E-state index is 12.0. The fourth-order valence-electron chi connectivity index (χ4n) is 2.06. The van der Waals surface area contributed by atoms with Crippen molar-refractivity contribution in [1.29, 1.82) is 0 Å². The number of benzene rings is 1. The van der Waals surface area contributed by atoms with Crippen LogP contribution in [0.2, 0.25) is 0 Å². The van der Waals surface area contributed by atoms with Crippen LogP contribution in [0.15, 0.2) is 29.6 Å². The van der Waals surface area contributed by atoms with Crippen molar-refractivity contribution in [2.24, 2.45) is 5.92 Å². The molecule has 1 fully saturated rings. The van der Waals surface area contributed by atoms with Crippen molar-refractivity contribution in [3.8, 4) is 16.3 Å². The van der Waals surface area contributed by atoms with Crippen LogP contribution in [0.25, 0.3) is 10.6 Å². The number of carbonyl (C=O) groups excluding carboxylic acids is 1. The summed E-state index contributed by atoms with van der Waals surface area (Å²) in [6.07, 6.45) is 0. The Bertz CT molecular complexity index is 630. The normalized spacial score (nSPS) is 13.3. The van der Waals surface area contributed by atoms with E-state index >= 15 is 0 Å². The third-order valence-electron chi connectivity index (χ3n) is 3.49. The lowest BCUT2D eigenvalue weighted by Gasteiger charge is -2.26. The Hall–Kier alpha value is -1.34. The average Bonchev–Trinajstić information content (AvgIpc) is 2.95.